The summed E-state index contributed by atoms with van der Waals surface area (Å²) >= 11 is 0. The van der Waals surface area contributed by atoms with Crippen LogP contribution >= 0.6 is 0 Å². The minimum atomic E-state index is -0.0307. The minimum absolute atomic E-state index is 0.0307. The molecule has 0 aromatic heterocycles. The third-order valence-electron chi connectivity index (χ3n) is 5.56. The van der Waals surface area contributed by atoms with E-state index in [0.717, 1.165) is 18.4 Å². The van der Waals surface area contributed by atoms with Gasteiger partial charge >= 0.3 is 0 Å². The van der Waals surface area contributed by atoms with Crippen LogP contribution in [0, 0.1) is 11.8 Å². The molecule has 4 rings (SSSR count). The van der Waals surface area contributed by atoms with Gasteiger partial charge in [0.25, 0.3) is 5.91 Å². The third-order valence-corrected chi connectivity index (χ3v) is 5.56. The number of amides is 2. The number of hydrogen-bond acceptors (Lipinski definition) is 3. The lowest BCUT2D eigenvalue weighted by Gasteiger charge is -2.27. The van der Waals surface area contributed by atoms with Crippen LogP contribution in [0.2, 0.25) is 0 Å². The van der Waals surface area contributed by atoms with Crippen molar-refractivity contribution in [3.63, 3.8) is 0 Å². The van der Waals surface area contributed by atoms with Crippen molar-refractivity contribution in [1.82, 2.24) is 4.90 Å². The van der Waals surface area contributed by atoms with Crippen LogP contribution in [0.25, 0.3) is 5.57 Å². The van der Waals surface area contributed by atoms with E-state index in [9.17, 15) is 14.7 Å². The Hall–Kier alpha value is -3.08. The fourth-order valence-electron chi connectivity index (χ4n) is 3.63. The van der Waals surface area contributed by atoms with Gasteiger partial charge in [-0.25, -0.2) is 0 Å². The first kappa shape index (κ1) is 18.3. The molecule has 1 aliphatic carbocycles. The van der Waals surface area contributed by atoms with Crippen molar-refractivity contribution in [3.05, 3.63) is 65.7 Å². The third kappa shape index (κ3) is 3.93. The maximum atomic E-state index is 12.9. The molecule has 2 aromatic rings. The maximum absolute atomic E-state index is 12.9. The number of benzene rings is 2. The largest absolute Gasteiger partial charge is 0.508 e. The van der Waals surface area contributed by atoms with Gasteiger partial charge in [-0.2, -0.15) is 0 Å². The number of aromatic hydroxyl groups is 1. The summed E-state index contributed by atoms with van der Waals surface area (Å²) in [5, 5.41) is 12.3. The van der Waals surface area contributed by atoms with Gasteiger partial charge in [-0.1, -0.05) is 31.2 Å². The molecule has 28 heavy (non-hydrogen) atoms. The minimum Gasteiger partial charge on any atom is -0.508 e. The van der Waals surface area contributed by atoms with Gasteiger partial charge in [0.1, 0.15) is 5.75 Å². The Morgan fingerprint density at radius 2 is 1.89 bits per heavy atom. The van der Waals surface area contributed by atoms with Crippen molar-refractivity contribution >= 4 is 23.1 Å². The van der Waals surface area contributed by atoms with Crippen LogP contribution in [0.3, 0.4) is 0 Å². The Morgan fingerprint density at radius 3 is 2.54 bits per heavy atom. The summed E-state index contributed by atoms with van der Waals surface area (Å²) in [7, 11) is 0. The van der Waals surface area contributed by atoms with Gasteiger partial charge in [-0.05, 0) is 60.2 Å². The Bertz CT molecular complexity index is 933. The van der Waals surface area contributed by atoms with E-state index in [1.54, 1.807) is 30.3 Å². The number of nitrogens with zero attached hydrogens (tertiary/aromatic N) is 1. The van der Waals surface area contributed by atoms with Gasteiger partial charge in [0.15, 0.2) is 0 Å². The van der Waals surface area contributed by atoms with E-state index < -0.39 is 0 Å². The van der Waals surface area contributed by atoms with Gasteiger partial charge < -0.3 is 15.3 Å². The molecule has 1 fully saturated rings. The van der Waals surface area contributed by atoms with E-state index in [4.69, 9.17) is 0 Å². The Labute approximate surface area is 164 Å². The summed E-state index contributed by atoms with van der Waals surface area (Å²) in [6.07, 6.45) is 3.77. The molecule has 1 heterocycles. The predicted octanol–water partition coefficient (Wildman–Crippen LogP) is 3.92. The van der Waals surface area contributed by atoms with Crippen LogP contribution in [0.4, 0.5) is 5.69 Å². The smallest absolute Gasteiger partial charge is 0.254 e. The molecule has 2 atom stereocenters. The lowest BCUT2D eigenvalue weighted by molar-refractivity contribution is -0.117. The van der Waals surface area contributed by atoms with E-state index in [1.807, 2.05) is 23.1 Å². The lowest BCUT2D eigenvalue weighted by atomic mass is 9.99. The van der Waals surface area contributed by atoms with Gasteiger partial charge in [0.2, 0.25) is 5.91 Å². The molecule has 0 spiro atoms. The molecule has 5 heteroatoms. The summed E-state index contributed by atoms with van der Waals surface area (Å²) in [4.78, 5) is 26.8. The molecule has 2 aromatic carbocycles. The lowest BCUT2D eigenvalue weighted by Crippen LogP contribution is -2.34. The van der Waals surface area contributed by atoms with E-state index in [1.165, 1.54) is 5.57 Å². The number of carbonyl (C=O) groups excluding carboxylic acids is 2. The average Bonchev–Trinajstić information content (AvgIpc) is 3.45. The van der Waals surface area contributed by atoms with Crippen molar-refractivity contribution in [3.8, 4) is 5.75 Å². The zero-order valence-electron chi connectivity index (χ0n) is 15.9. The average molecular weight is 376 g/mol. The molecule has 0 radical (unpaired) electrons. The fourth-order valence-corrected chi connectivity index (χ4v) is 3.63. The normalized spacial score (nSPS) is 21.0. The highest BCUT2D eigenvalue weighted by atomic mass is 16.3. The van der Waals surface area contributed by atoms with E-state index >= 15 is 0 Å². The molecule has 5 nitrogen and oxygen atoms in total. The molecule has 1 saturated carbocycles. The summed E-state index contributed by atoms with van der Waals surface area (Å²) in [6.45, 7) is 3.26. The Balaban J connectivity index is 1.41. The van der Waals surface area contributed by atoms with Crippen LogP contribution in [0.1, 0.15) is 35.7 Å². The van der Waals surface area contributed by atoms with Crippen LogP contribution in [0.15, 0.2) is 54.6 Å². The van der Waals surface area contributed by atoms with E-state index in [-0.39, 0.29) is 23.5 Å². The number of rotatable bonds is 4. The molecule has 2 N–H and O–H groups in total. The summed E-state index contributed by atoms with van der Waals surface area (Å²) < 4.78 is 0. The van der Waals surface area contributed by atoms with Gasteiger partial charge in [0, 0.05) is 30.3 Å². The van der Waals surface area contributed by atoms with E-state index in [2.05, 4.69) is 18.3 Å². The fraction of sp³-hybridized carbons (Fsp3) is 0.304. The summed E-state index contributed by atoms with van der Waals surface area (Å²) in [6, 6.07) is 14.3. The first-order valence-corrected chi connectivity index (χ1v) is 9.70. The molecule has 0 bridgehead atoms. The standard InChI is InChI=1S/C23H24N2O3/c1-15-13-21(15)22(27)24-19-4-2-3-18(14-19)23(28)25-11-9-17(10-12-25)16-5-7-20(26)8-6-16/h2-9,14-15,21,26H,10-13H2,1H3,(H,24,27)/t15-,21-/m0/s1. The molecule has 144 valence electrons. The topological polar surface area (TPSA) is 69.6 Å². The molecule has 0 saturated heterocycles. The zero-order chi connectivity index (χ0) is 19.7. The van der Waals surface area contributed by atoms with Crippen molar-refractivity contribution in [2.45, 2.75) is 19.8 Å². The number of phenolic OH excluding ortho intramolecular Hbond substituents is 1. The highest BCUT2D eigenvalue weighted by Gasteiger charge is 2.39. The molecule has 0 unspecified atom stereocenters. The zero-order valence-corrected chi connectivity index (χ0v) is 15.9. The van der Waals surface area contributed by atoms with Crippen molar-refractivity contribution in [2.24, 2.45) is 11.8 Å². The Kier molecular flexibility index (Phi) is 4.90. The van der Waals surface area contributed by atoms with Gasteiger partial charge in [-0.3, -0.25) is 9.59 Å². The maximum Gasteiger partial charge on any atom is 0.254 e. The van der Waals surface area contributed by atoms with Crippen LogP contribution in [-0.4, -0.2) is 34.9 Å². The van der Waals surface area contributed by atoms with Gasteiger partial charge in [0.05, 0.1) is 0 Å². The van der Waals surface area contributed by atoms with Crippen LogP contribution in [0.5, 0.6) is 5.75 Å². The van der Waals surface area contributed by atoms with Crippen LogP contribution in [-0.2, 0) is 4.79 Å². The highest BCUT2D eigenvalue weighted by molar-refractivity contribution is 5.98. The Morgan fingerprint density at radius 1 is 1.14 bits per heavy atom. The van der Waals surface area contributed by atoms with Crippen molar-refractivity contribution < 1.29 is 14.7 Å². The number of anilines is 1. The second kappa shape index (κ2) is 7.50. The molecule has 1 aliphatic heterocycles. The first-order valence-electron chi connectivity index (χ1n) is 9.70. The number of carbonyl (C=O) groups is 2. The SMILES string of the molecule is C[C@H]1C[C@@H]1C(=O)Nc1cccc(C(=O)N2CC=C(c3ccc(O)cc3)CC2)c1. The summed E-state index contributed by atoms with van der Waals surface area (Å²) in [5.74, 6) is 0.811. The van der Waals surface area contributed by atoms with Crippen molar-refractivity contribution in [1.29, 1.82) is 0 Å². The molecular formula is C23H24N2O3. The first-order chi connectivity index (χ1) is 13.5. The molecule has 2 amide bonds. The summed E-state index contributed by atoms with van der Waals surface area (Å²) in [5.41, 5.74) is 3.52. The monoisotopic (exact) mass is 376 g/mol. The van der Waals surface area contributed by atoms with Gasteiger partial charge in [-0.15, -0.1) is 0 Å². The number of phenols is 1. The highest BCUT2D eigenvalue weighted by Crippen LogP contribution is 2.38. The van der Waals surface area contributed by atoms with Crippen LogP contribution < -0.4 is 5.32 Å². The molecule has 2 aliphatic rings. The number of nitrogens with one attached hydrogen (secondary N) is 1. The predicted molar refractivity (Wildman–Crippen MR) is 109 cm³/mol. The second-order valence-corrected chi connectivity index (χ2v) is 7.67. The second-order valence-electron chi connectivity index (χ2n) is 7.67. The molecular weight excluding hydrogens is 352 g/mol. The van der Waals surface area contributed by atoms with Crippen molar-refractivity contribution in [2.75, 3.05) is 18.4 Å². The number of hydrogen-bond donors (Lipinski definition) is 2. The van der Waals surface area contributed by atoms with E-state index in [0.29, 0.717) is 30.3 Å². The quantitative estimate of drug-likeness (QED) is 0.850.